The summed E-state index contributed by atoms with van der Waals surface area (Å²) < 4.78 is 5.05. The van der Waals surface area contributed by atoms with Crippen LogP contribution >= 0.6 is 0 Å². The van der Waals surface area contributed by atoms with Gasteiger partial charge in [0.15, 0.2) is 0 Å². The number of nitrogens with one attached hydrogen (secondary N) is 1. The van der Waals surface area contributed by atoms with Crippen LogP contribution in [-0.2, 0) is 4.74 Å². The largest absolute Gasteiger partial charge is 0.508 e. The van der Waals surface area contributed by atoms with E-state index in [-0.39, 0.29) is 0 Å². The van der Waals surface area contributed by atoms with Gasteiger partial charge in [-0.05, 0) is 30.7 Å². The molecule has 2 N–H and O–H groups in total. The summed E-state index contributed by atoms with van der Waals surface area (Å²) >= 11 is 0. The number of rotatable bonds is 2. The molecule has 70 valence electrons. The van der Waals surface area contributed by atoms with Crippen molar-refractivity contribution in [3.8, 4) is 5.75 Å². The Morgan fingerprint density at radius 3 is 2.77 bits per heavy atom. The van der Waals surface area contributed by atoms with Crippen LogP contribution < -0.4 is 5.32 Å². The summed E-state index contributed by atoms with van der Waals surface area (Å²) in [4.78, 5) is 0. The molecular formula is C10H13NO2. The summed E-state index contributed by atoms with van der Waals surface area (Å²) in [6.07, 6.45) is 0. The highest BCUT2D eigenvalue weighted by molar-refractivity contribution is 5.51. The van der Waals surface area contributed by atoms with E-state index in [9.17, 15) is 5.11 Å². The molecule has 0 aromatic heterocycles. The van der Waals surface area contributed by atoms with Crippen molar-refractivity contribution < 1.29 is 9.84 Å². The molecule has 1 saturated heterocycles. The molecule has 0 atom stereocenters. The predicted octanol–water partition coefficient (Wildman–Crippen LogP) is 1.51. The number of benzene rings is 1. The topological polar surface area (TPSA) is 41.5 Å². The third-order valence-electron chi connectivity index (χ3n) is 2.21. The van der Waals surface area contributed by atoms with Crippen LogP contribution in [0.15, 0.2) is 18.2 Å². The van der Waals surface area contributed by atoms with Gasteiger partial charge in [-0.2, -0.15) is 0 Å². The molecule has 0 unspecified atom stereocenters. The normalized spacial score (nSPS) is 16.7. The SMILES string of the molecule is Cc1cc(NC2COC2)ccc1O. The van der Waals surface area contributed by atoms with Crippen molar-refractivity contribution in [2.75, 3.05) is 18.5 Å². The zero-order chi connectivity index (χ0) is 9.26. The quantitative estimate of drug-likeness (QED) is 0.676. The molecule has 0 spiro atoms. The third kappa shape index (κ3) is 1.75. The standard InChI is InChI=1S/C10H13NO2/c1-7-4-8(2-3-10(7)12)11-9-5-13-6-9/h2-4,9,11-12H,5-6H2,1H3. The van der Waals surface area contributed by atoms with Gasteiger partial charge in [-0.15, -0.1) is 0 Å². The van der Waals surface area contributed by atoms with Crippen LogP contribution in [0.3, 0.4) is 0 Å². The monoisotopic (exact) mass is 179 g/mol. The van der Waals surface area contributed by atoms with Gasteiger partial charge in [-0.1, -0.05) is 0 Å². The highest BCUT2D eigenvalue weighted by Gasteiger charge is 2.17. The average molecular weight is 179 g/mol. The Kier molecular flexibility index (Phi) is 2.10. The first-order valence-corrected chi connectivity index (χ1v) is 4.39. The van der Waals surface area contributed by atoms with Gasteiger partial charge in [0.05, 0.1) is 19.3 Å². The van der Waals surface area contributed by atoms with Gasteiger partial charge in [0.1, 0.15) is 5.75 Å². The van der Waals surface area contributed by atoms with Crippen LogP contribution in [0.25, 0.3) is 0 Å². The fraction of sp³-hybridized carbons (Fsp3) is 0.400. The second-order valence-corrected chi connectivity index (χ2v) is 3.38. The minimum atomic E-state index is 0.343. The lowest BCUT2D eigenvalue weighted by molar-refractivity contribution is 0.0211. The Hall–Kier alpha value is -1.22. The smallest absolute Gasteiger partial charge is 0.118 e. The van der Waals surface area contributed by atoms with Gasteiger partial charge in [0, 0.05) is 5.69 Å². The summed E-state index contributed by atoms with van der Waals surface area (Å²) in [5.74, 6) is 0.343. The molecule has 1 fully saturated rings. The molecule has 1 aliphatic heterocycles. The van der Waals surface area contributed by atoms with Crippen molar-refractivity contribution in [1.82, 2.24) is 0 Å². The number of phenols is 1. The maximum absolute atomic E-state index is 9.30. The van der Waals surface area contributed by atoms with E-state index in [0.717, 1.165) is 24.5 Å². The number of phenolic OH excluding ortho intramolecular Hbond substituents is 1. The molecule has 0 radical (unpaired) electrons. The minimum absolute atomic E-state index is 0.343. The van der Waals surface area contributed by atoms with Crippen LogP contribution in [0.5, 0.6) is 5.75 Å². The lowest BCUT2D eigenvalue weighted by atomic mass is 10.1. The van der Waals surface area contributed by atoms with Crippen LogP contribution in [0.2, 0.25) is 0 Å². The number of aromatic hydroxyl groups is 1. The van der Waals surface area contributed by atoms with Gasteiger partial charge in [-0.25, -0.2) is 0 Å². The van der Waals surface area contributed by atoms with E-state index in [1.807, 2.05) is 19.1 Å². The second-order valence-electron chi connectivity index (χ2n) is 3.38. The summed E-state index contributed by atoms with van der Waals surface area (Å²) in [5, 5.41) is 12.6. The lowest BCUT2D eigenvalue weighted by Gasteiger charge is -2.27. The minimum Gasteiger partial charge on any atom is -0.508 e. The molecule has 0 aliphatic carbocycles. The van der Waals surface area contributed by atoms with E-state index < -0.39 is 0 Å². The first-order chi connectivity index (χ1) is 6.25. The molecule has 13 heavy (non-hydrogen) atoms. The average Bonchev–Trinajstić information content (AvgIpc) is 2.04. The Balaban J connectivity index is 2.07. The molecule has 3 nitrogen and oxygen atoms in total. The molecule has 1 aromatic carbocycles. The van der Waals surface area contributed by atoms with E-state index in [1.54, 1.807) is 6.07 Å². The van der Waals surface area contributed by atoms with Crippen LogP contribution in [-0.4, -0.2) is 24.4 Å². The molecule has 0 amide bonds. The predicted molar refractivity (Wildman–Crippen MR) is 51.1 cm³/mol. The molecule has 1 aliphatic rings. The first kappa shape index (κ1) is 8.38. The summed E-state index contributed by atoms with van der Waals surface area (Å²) in [7, 11) is 0. The number of hydrogen-bond donors (Lipinski definition) is 2. The van der Waals surface area contributed by atoms with Gasteiger partial charge in [-0.3, -0.25) is 0 Å². The van der Waals surface area contributed by atoms with Crippen molar-refractivity contribution in [2.24, 2.45) is 0 Å². The highest BCUT2D eigenvalue weighted by atomic mass is 16.5. The molecule has 0 saturated carbocycles. The lowest BCUT2D eigenvalue weighted by Crippen LogP contribution is -2.40. The zero-order valence-corrected chi connectivity index (χ0v) is 7.58. The van der Waals surface area contributed by atoms with Gasteiger partial charge in [0.2, 0.25) is 0 Å². The number of aryl methyl sites for hydroxylation is 1. The Labute approximate surface area is 77.3 Å². The molecule has 3 heteroatoms. The summed E-state index contributed by atoms with van der Waals surface area (Å²) in [5.41, 5.74) is 1.94. The number of anilines is 1. The van der Waals surface area contributed by atoms with Gasteiger partial charge in [0.25, 0.3) is 0 Å². The van der Waals surface area contributed by atoms with Gasteiger partial charge < -0.3 is 15.2 Å². The highest BCUT2D eigenvalue weighted by Crippen LogP contribution is 2.21. The maximum atomic E-state index is 9.30. The van der Waals surface area contributed by atoms with Crippen molar-refractivity contribution in [2.45, 2.75) is 13.0 Å². The van der Waals surface area contributed by atoms with Crippen molar-refractivity contribution in [3.05, 3.63) is 23.8 Å². The summed E-state index contributed by atoms with van der Waals surface area (Å²) in [6, 6.07) is 5.95. The maximum Gasteiger partial charge on any atom is 0.118 e. The fourth-order valence-electron chi connectivity index (χ4n) is 1.30. The Morgan fingerprint density at radius 2 is 2.23 bits per heavy atom. The molecule has 1 aromatic rings. The second kappa shape index (κ2) is 3.26. The molecule has 2 rings (SSSR count). The molecular weight excluding hydrogens is 166 g/mol. The fourth-order valence-corrected chi connectivity index (χ4v) is 1.30. The first-order valence-electron chi connectivity index (χ1n) is 4.39. The zero-order valence-electron chi connectivity index (χ0n) is 7.58. The van der Waals surface area contributed by atoms with E-state index in [1.165, 1.54) is 0 Å². The molecule has 1 heterocycles. The van der Waals surface area contributed by atoms with Crippen LogP contribution in [0.4, 0.5) is 5.69 Å². The van der Waals surface area contributed by atoms with Crippen LogP contribution in [0.1, 0.15) is 5.56 Å². The van der Waals surface area contributed by atoms with E-state index in [4.69, 9.17) is 4.74 Å². The summed E-state index contributed by atoms with van der Waals surface area (Å²) in [6.45, 7) is 3.44. The molecule has 0 bridgehead atoms. The van der Waals surface area contributed by atoms with E-state index in [0.29, 0.717) is 11.8 Å². The number of hydrogen-bond acceptors (Lipinski definition) is 3. The van der Waals surface area contributed by atoms with E-state index in [2.05, 4.69) is 5.32 Å². The van der Waals surface area contributed by atoms with Gasteiger partial charge >= 0.3 is 0 Å². The third-order valence-corrected chi connectivity index (χ3v) is 2.21. The number of ether oxygens (including phenoxy) is 1. The Bertz CT molecular complexity index is 308. The van der Waals surface area contributed by atoms with Crippen molar-refractivity contribution in [1.29, 1.82) is 0 Å². The Morgan fingerprint density at radius 1 is 1.46 bits per heavy atom. The van der Waals surface area contributed by atoms with Crippen LogP contribution in [0, 0.1) is 6.92 Å². The van der Waals surface area contributed by atoms with Crippen molar-refractivity contribution >= 4 is 5.69 Å². The van der Waals surface area contributed by atoms with Crippen molar-refractivity contribution in [3.63, 3.8) is 0 Å². The van der Waals surface area contributed by atoms with E-state index >= 15 is 0 Å².